The lowest BCUT2D eigenvalue weighted by atomic mass is 9.60. The van der Waals surface area contributed by atoms with Crippen molar-refractivity contribution >= 4 is 23.2 Å². The Hall–Kier alpha value is -2.10. The van der Waals surface area contributed by atoms with Gasteiger partial charge in [-0.05, 0) is 119 Å². The summed E-state index contributed by atoms with van der Waals surface area (Å²) in [6.45, 7) is 4.53. The van der Waals surface area contributed by atoms with Gasteiger partial charge in [0, 0.05) is 12.2 Å². The van der Waals surface area contributed by atoms with Crippen LogP contribution in [0.3, 0.4) is 0 Å². The Morgan fingerprint density at radius 1 is 1.11 bits per heavy atom. The van der Waals surface area contributed by atoms with Crippen molar-refractivity contribution in [1.29, 1.82) is 0 Å². The maximum atomic E-state index is 13.4. The summed E-state index contributed by atoms with van der Waals surface area (Å²) in [6.07, 6.45) is 9.10. The summed E-state index contributed by atoms with van der Waals surface area (Å²) in [6, 6.07) is 3.73. The van der Waals surface area contributed by atoms with Gasteiger partial charge >= 0.3 is 6.18 Å². The molecule has 1 amide bonds. The molecule has 38 heavy (non-hydrogen) atoms. The number of aromatic nitrogens is 2. The van der Waals surface area contributed by atoms with Gasteiger partial charge in [0.1, 0.15) is 5.54 Å². The van der Waals surface area contributed by atoms with Gasteiger partial charge < -0.3 is 15.5 Å². The molecule has 1 spiro atoms. The van der Waals surface area contributed by atoms with Crippen LogP contribution in [-0.4, -0.2) is 52.8 Å². The van der Waals surface area contributed by atoms with E-state index in [-0.39, 0.29) is 16.6 Å². The largest absolute Gasteiger partial charge is 0.416 e. The molecule has 2 aliphatic heterocycles. The predicted molar refractivity (Wildman–Crippen MR) is 140 cm³/mol. The third-order valence-electron chi connectivity index (χ3n) is 9.71. The Bertz CT molecular complexity index is 1170. The molecule has 0 atom stereocenters. The van der Waals surface area contributed by atoms with Gasteiger partial charge in [-0.2, -0.15) is 18.3 Å². The molecule has 6 nitrogen and oxygen atoms in total. The number of amides is 1. The molecule has 6 rings (SSSR count). The standard InChI is InChI=1S/C28H35ClF3N5O/c29-23-14-21(28(30,31)32)2-3-24(23)35-25(38)27(6-1-7-27)37-18-20(17-34-37)19-4-12-36(13-5-19)22-15-26(16-22)8-10-33-11-9-26/h2-3,14,17-19,22,33H,1,4-13,15-16H2,(H,35,38). The first kappa shape index (κ1) is 26.1. The number of hydrogen-bond donors (Lipinski definition) is 2. The topological polar surface area (TPSA) is 62.2 Å². The highest BCUT2D eigenvalue weighted by Crippen LogP contribution is 2.50. The second kappa shape index (κ2) is 9.82. The summed E-state index contributed by atoms with van der Waals surface area (Å²) in [5.74, 6) is 0.143. The van der Waals surface area contributed by atoms with Gasteiger partial charge in [-0.1, -0.05) is 11.6 Å². The first-order chi connectivity index (χ1) is 18.2. The molecule has 0 bridgehead atoms. The highest BCUT2D eigenvalue weighted by Gasteiger charge is 2.48. The fraction of sp³-hybridized carbons (Fsp3) is 0.643. The Balaban J connectivity index is 1.07. The first-order valence-electron chi connectivity index (χ1n) is 13.9. The lowest BCUT2D eigenvalue weighted by molar-refractivity contribution is -0.137. The molecule has 0 unspecified atom stereocenters. The van der Waals surface area contributed by atoms with Crippen LogP contribution in [0.25, 0.3) is 0 Å². The fourth-order valence-corrected chi connectivity index (χ4v) is 7.27. The van der Waals surface area contributed by atoms with Gasteiger partial charge in [0.25, 0.3) is 5.91 Å². The minimum Gasteiger partial charge on any atom is -0.323 e. The fourth-order valence-electron chi connectivity index (χ4n) is 7.05. The van der Waals surface area contributed by atoms with E-state index in [0.717, 1.165) is 63.6 Å². The van der Waals surface area contributed by atoms with Crippen LogP contribution in [0.1, 0.15) is 74.8 Å². The number of benzene rings is 1. The molecule has 2 aromatic rings. The zero-order chi connectivity index (χ0) is 26.5. The average molecular weight is 550 g/mol. The molecular weight excluding hydrogens is 515 g/mol. The van der Waals surface area contributed by atoms with Crippen LogP contribution in [0.4, 0.5) is 18.9 Å². The van der Waals surface area contributed by atoms with E-state index in [1.807, 2.05) is 12.4 Å². The molecule has 1 aromatic heterocycles. The van der Waals surface area contributed by atoms with Crippen LogP contribution in [0.5, 0.6) is 0 Å². The Morgan fingerprint density at radius 3 is 2.42 bits per heavy atom. The number of nitrogens with one attached hydrogen (secondary N) is 2. The first-order valence-corrected chi connectivity index (χ1v) is 14.2. The van der Waals surface area contributed by atoms with Crippen LogP contribution in [-0.2, 0) is 16.5 Å². The van der Waals surface area contributed by atoms with E-state index >= 15 is 0 Å². The molecule has 2 saturated carbocycles. The van der Waals surface area contributed by atoms with Crippen LogP contribution in [0, 0.1) is 5.41 Å². The van der Waals surface area contributed by atoms with E-state index < -0.39 is 17.3 Å². The molecule has 2 aliphatic carbocycles. The average Bonchev–Trinajstić information content (AvgIpc) is 3.33. The second-order valence-corrected chi connectivity index (χ2v) is 12.3. The van der Waals surface area contributed by atoms with Crippen LogP contribution in [0.15, 0.2) is 30.6 Å². The van der Waals surface area contributed by atoms with Crippen molar-refractivity contribution < 1.29 is 18.0 Å². The molecule has 2 N–H and O–H groups in total. The smallest absolute Gasteiger partial charge is 0.323 e. The van der Waals surface area contributed by atoms with E-state index in [1.165, 1.54) is 37.3 Å². The summed E-state index contributed by atoms with van der Waals surface area (Å²) >= 11 is 6.09. The van der Waals surface area contributed by atoms with Gasteiger partial charge in [0.15, 0.2) is 0 Å². The van der Waals surface area contributed by atoms with Crippen LogP contribution in [0.2, 0.25) is 5.02 Å². The number of rotatable bonds is 5. The molecule has 10 heteroatoms. The maximum absolute atomic E-state index is 13.4. The number of likely N-dealkylation sites (tertiary alicyclic amines) is 1. The second-order valence-electron chi connectivity index (χ2n) is 11.9. The molecule has 1 aromatic carbocycles. The van der Waals surface area contributed by atoms with Crippen LogP contribution < -0.4 is 10.6 Å². The van der Waals surface area contributed by atoms with E-state index in [1.54, 1.807) is 4.68 Å². The summed E-state index contributed by atoms with van der Waals surface area (Å²) in [5.41, 5.74) is 0.262. The van der Waals surface area contributed by atoms with Crippen molar-refractivity contribution in [2.24, 2.45) is 5.41 Å². The van der Waals surface area contributed by atoms with Crippen molar-refractivity contribution in [3.8, 4) is 0 Å². The molecule has 3 heterocycles. The summed E-state index contributed by atoms with van der Waals surface area (Å²) in [7, 11) is 0. The molecule has 4 aliphatic rings. The molecule has 2 saturated heterocycles. The zero-order valence-electron chi connectivity index (χ0n) is 21.5. The number of hydrogen-bond acceptors (Lipinski definition) is 4. The Kier molecular flexibility index (Phi) is 6.76. The lowest BCUT2D eigenvalue weighted by Gasteiger charge is -2.55. The van der Waals surface area contributed by atoms with Gasteiger partial charge in [-0.25, -0.2) is 0 Å². The summed E-state index contributed by atoms with van der Waals surface area (Å²) in [5, 5.41) is 10.7. The third-order valence-corrected chi connectivity index (χ3v) is 10.0. The minimum atomic E-state index is -4.49. The number of alkyl halides is 3. The number of carbonyl (C=O) groups excluding carboxylic acids is 1. The van der Waals surface area contributed by atoms with Crippen molar-refractivity contribution in [2.45, 2.75) is 81.5 Å². The van der Waals surface area contributed by atoms with E-state index in [9.17, 15) is 18.0 Å². The van der Waals surface area contributed by atoms with Gasteiger partial charge in [0.2, 0.25) is 0 Å². The van der Waals surface area contributed by atoms with Crippen molar-refractivity contribution in [2.75, 3.05) is 31.5 Å². The Labute approximate surface area is 226 Å². The third kappa shape index (κ3) is 4.75. The van der Waals surface area contributed by atoms with Crippen LogP contribution >= 0.6 is 11.6 Å². The summed E-state index contributed by atoms with van der Waals surface area (Å²) < 4.78 is 40.7. The zero-order valence-corrected chi connectivity index (χ0v) is 22.3. The van der Waals surface area contributed by atoms with Crippen molar-refractivity contribution in [1.82, 2.24) is 20.0 Å². The van der Waals surface area contributed by atoms with Crippen molar-refractivity contribution in [3.63, 3.8) is 0 Å². The minimum absolute atomic E-state index is 0.131. The van der Waals surface area contributed by atoms with Gasteiger partial charge in [-0.15, -0.1) is 0 Å². The molecule has 206 valence electrons. The number of halogens is 4. The maximum Gasteiger partial charge on any atom is 0.416 e. The highest BCUT2D eigenvalue weighted by molar-refractivity contribution is 6.33. The van der Waals surface area contributed by atoms with E-state index in [0.29, 0.717) is 24.2 Å². The highest BCUT2D eigenvalue weighted by atomic mass is 35.5. The van der Waals surface area contributed by atoms with Crippen molar-refractivity contribution in [3.05, 3.63) is 46.7 Å². The molecular formula is C28H35ClF3N5O. The van der Waals surface area contributed by atoms with Gasteiger partial charge in [0.05, 0.1) is 22.5 Å². The SMILES string of the molecule is O=C(Nc1ccc(C(F)(F)F)cc1Cl)C1(n2cc(C3CCN(C4CC5(CCNCC5)C4)CC3)cn2)CCC1. The Morgan fingerprint density at radius 2 is 1.82 bits per heavy atom. The number of carbonyl (C=O) groups is 1. The predicted octanol–water partition coefficient (Wildman–Crippen LogP) is 5.78. The summed E-state index contributed by atoms with van der Waals surface area (Å²) in [4.78, 5) is 16.0. The van der Waals surface area contributed by atoms with E-state index in [4.69, 9.17) is 11.6 Å². The lowest BCUT2D eigenvalue weighted by Crippen LogP contribution is -2.55. The number of nitrogens with zero attached hydrogens (tertiary/aromatic N) is 3. The number of piperidine rings is 2. The molecule has 4 fully saturated rings. The van der Waals surface area contributed by atoms with E-state index in [2.05, 4.69) is 20.6 Å². The molecule has 0 radical (unpaired) electrons. The van der Waals surface area contributed by atoms with Gasteiger partial charge in [-0.3, -0.25) is 9.48 Å². The normalized spacial score (nSPS) is 24.1. The quantitative estimate of drug-likeness (QED) is 0.496. The number of anilines is 1. The monoisotopic (exact) mass is 549 g/mol.